The number of allylic oxidation sites excluding steroid dienone is 1. The molecule has 0 aliphatic carbocycles. The molecule has 1 rings (SSSR count). The molecule has 1 unspecified atom stereocenters. The molecule has 0 bridgehead atoms. The summed E-state index contributed by atoms with van der Waals surface area (Å²) in [6, 6.07) is 2.40. The number of halogens is 1. The van der Waals surface area contributed by atoms with Crippen molar-refractivity contribution in [1.29, 1.82) is 0 Å². The van der Waals surface area contributed by atoms with Crippen molar-refractivity contribution in [2.75, 3.05) is 7.11 Å². The second-order valence-electron chi connectivity index (χ2n) is 4.07. The molecular weight excluding hydrogens is 265 g/mol. The number of carboxylic acid groups (broad SMARTS) is 1. The van der Waals surface area contributed by atoms with Gasteiger partial charge in [-0.25, -0.2) is 9.18 Å². The number of hydrogen-bond donors (Lipinski definition) is 2. The second kappa shape index (κ2) is 7.28. The first-order chi connectivity index (χ1) is 9.49. The van der Waals surface area contributed by atoms with Gasteiger partial charge in [0.15, 0.2) is 0 Å². The number of carbonyl (C=O) groups excluding carboxylic acids is 1. The quantitative estimate of drug-likeness (QED) is 0.749. The summed E-state index contributed by atoms with van der Waals surface area (Å²) >= 11 is 0. The maximum atomic E-state index is 13.2. The topological polar surface area (TPSA) is 75.6 Å². The van der Waals surface area contributed by atoms with E-state index in [1.165, 1.54) is 13.2 Å². The molecule has 0 saturated heterocycles. The van der Waals surface area contributed by atoms with E-state index in [0.29, 0.717) is 6.42 Å². The van der Waals surface area contributed by atoms with Crippen molar-refractivity contribution in [3.05, 3.63) is 42.2 Å². The molecule has 20 heavy (non-hydrogen) atoms. The molecule has 108 valence electrons. The van der Waals surface area contributed by atoms with Crippen molar-refractivity contribution in [2.24, 2.45) is 0 Å². The Morgan fingerprint density at radius 3 is 2.80 bits per heavy atom. The molecular formula is C14H16FNO4. The lowest BCUT2D eigenvalue weighted by Gasteiger charge is -2.15. The third-order valence-electron chi connectivity index (χ3n) is 2.67. The van der Waals surface area contributed by atoms with E-state index in [4.69, 9.17) is 9.84 Å². The first-order valence-electron chi connectivity index (χ1n) is 5.97. The maximum Gasteiger partial charge on any atom is 0.326 e. The summed E-state index contributed by atoms with van der Waals surface area (Å²) < 4.78 is 18.1. The summed E-state index contributed by atoms with van der Waals surface area (Å²) in [7, 11) is 1.34. The Bertz CT molecular complexity index is 516. The van der Waals surface area contributed by atoms with Crippen LogP contribution in [-0.2, 0) is 4.79 Å². The number of nitrogens with one attached hydrogen (secondary N) is 1. The molecule has 0 radical (unpaired) electrons. The average molecular weight is 281 g/mol. The highest BCUT2D eigenvalue weighted by Crippen LogP contribution is 2.19. The molecule has 0 aromatic heterocycles. The van der Waals surface area contributed by atoms with Gasteiger partial charge in [0.05, 0.1) is 12.7 Å². The maximum absolute atomic E-state index is 13.2. The number of aliphatic carboxylic acids is 1. The smallest absolute Gasteiger partial charge is 0.326 e. The Balaban J connectivity index is 2.90. The fourth-order valence-corrected chi connectivity index (χ4v) is 1.64. The number of carboxylic acids is 1. The molecule has 1 aromatic rings. The third-order valence-corrected chi connectivity index (χ3v) is 2.67. The lowest BCUT2D eigenvalue weighted by atomic mass is 10.1. The SMILES string of the molecule is C=CCCC(NC(=O)c1cc(F)ccc1OC)C(=O)O. The van der Waals surface area contributed by atoms with Gasteiger partial charge in [-0.2, -0.15) is 0 Å². The Kier molecular flexibility index (Phi) is 5.71. The standard InChI is InChI=1S/C14H16FNO4/c1-3-4-5-11(14(18)19)16-13(17)10-8-9(15)6-7-12(10)20-2/h3,6-8,11H,1,4-5H2,2H3,(H,16,17)(H,18,19). The van der Waals surface area contributed by atoms with Crippen molar-refractivity contribution >= 4 is 11.9 Å². The van der Waals surface area contributed by atoms with Crippen LogP contribution in [0, 0.1) is 5.82 Å². The molecule has 0 fully saturated rings. The summed E-state index contributed by atoms with van der Waals surface area (Å²) in [6.07, 6.45) is 2.21. The van der Waals surface area contributed by atoms with E-state index >= 15 is 0 Å². The summed E-state index contributed by atoms with van der Waals surface area (Å²) in [6.45, 7) is 3.49. The first-order valence-corrected chi connectivity index (χ1v) is 5.97. The van der Waals surface area contributed by atoms with Crippen LogP contribution < -0.4 is 10.1 Å². The van der Waals surface area contributed by atoms with Crippen LogP contribution in [0.1, 0.15) is 23.2 Å². The molecule has 1 amide bonds. The second-order valence-corrected chi connectivity index (χ2v) is 4.07. The first kappa shape index (κ1) is 15.7. The molecule has 1 aromatic carbocycles. The van der Waals surface area contributed by atoms with Crippen LogP contribution >= 0.6 is 0 Å². The van der Waals surface area contributed by atoms with Crippen LogP contribution in [0.4, 0.5) is 4.39 Å². The number of benzene rings is 1. The van der Waals surface area contributed by atoms with E-state index in [-0.39, 0.29) is 17.7 Å². The highest BCUT2D eigenvalue weighted by molar-refractivity contribution is 5.98. The van der Waals surface area contributed by atoms with E-state index in [0.717, 1.165) is 12.1 Å². The van der Waals surface area contributed by atoms with Crippen molar-refractivity contribution in [2.45, 2.75) is 18.9 Å². The molecule has 6 heteroatoms. The van der Waals surface area contributed by atoms with Crippen molar-refractivity contribution < 1.29 is 23.8 Å². The van der Waals surface area contributed by atoms with Gasteiger partial charge >= 0.3 is 5.97 Å². The summed E-state index contributed by atoms with van der Waals surface area (Å²) in [4.78, 5) is 23.0. The van der Waals surface area contributed by atoms with Gasteiger partial charge in [0.25, 0.3) is 5.91 Å². The lowest BCUT2D eigenvalue weighted by Crippen LogP contribution is -2.40. The fourth-order valence-electron chi connectivity index (χ4n) is 1.64. The van der Waals surface area contributed by atoms with Gasteiger partial charge in [-0.15, -0.1) is 6.58 Å². The number of carbonyl (C=O) groups is 2. The van der Waals surface area contributed by atoms with Crippen LogP contribution in [0.5, 0.6) is 5.75 Å². The minimum absolute atomic E-state index is 0.0441. The number of ether oxygens (including phenoxy) is 1. The monoisotopic (exact) mass is 281 g/mol. The number of hydrogen-bond acceptors (Lipinski definition) is 3. The molecule has 0 saturated carbocycles. The molecule has 0 heterocycles. The summed E-state index contributed by atoms with van der Waals surface area (Å²) in [5.41, 5.74) is -0.0441. The predicted octanol–water partition coefficient (Wildman–Crippen LogP) is 1.98. The Hall–Kier alpha value is -2.37. The van der Waals surface area contributed by atoms with E-state index in [1.54, 1.807) is 6.08 Å². The summed E-state index contributed by atoms with van der Waals surface area (Å²) in [5, 5.41) is 11.4. The third kappa shape index (κ3) is 4.08. The average Bonchev–Trinajstić information content (AvgIpc) is 2.42. The Morgan fingerprint density at radius 2 is 2.25 bits per heavy atom. The molecule has 5 nitrogen and oxygen atoms in total. The van der Waals surface area contributed by atoms with Crippen molar-refractivity contribution in [3.8, 4) is 5.75 Å². The minimum Gasteiger partial charge on any atom is -0.496 e. The van der Waals surface area contributed by atoms with Gasteiger partial charge < -0.3 is 15.2 Å². The van der Waals surface area contributed by atoms with Gasteiger partial charge in [0.2, 0.25) is 0 Å². The molecule has 0 aliphatic rings. The van der Waals surface area contributed by atoms with Crippen LogP contribution in [0.15, 0.2) is 30.9 Å². The lowest BCUT2D eigenvalue weighted by molar-refractivity contribution is -0.139. The zero-order valence-electron chi connectivity index (χ0n) is 11.1. The Morgan fingerprint density at radius 1 is 1.55 bits per heavy atom. The highest BCUT2D eigenvalue weighted by atomic mass is 19.1. The largest absolute Gasteiger partial charge is 0.496 e. The molecule has 0 aliphatic heterocycles. The molecule has 2 N–H and O–H groups in total. The zero-order chi connectivity index (χ0) is 15.1. The minimum atomic E-state index is -1.16. The normalized spacial score (nSPS) is 11.5. The number of rotatable bonds is 7. The van der Waals surface area contributed by atoms with Crippen LogP contribution in [-0.4, -0.2) is 30.1 Å². The van der Waals surface area contributed by atoms with E-state index in [1.807, 2.05) is 0 Å². The highest BCUT2D eigenvalue weighted by Gasteiger charge is 2.22. The number of methoxy groups -OCH3 is 1. The zero-order valence-corrected chi connectivity index (χ0v) is 11.1. The Labute approximate surface area is 116 Å². The van der Waals surface area contributed by atoms with Gasteiger partial charge in [-0.3, -0.25) is 4.79 Å². The van der Waals surface area contributed by atoms with Gasteiger partial charge in [-0.05, 0) is 31.0 Å². The van der Waals surface area contributed by atoms with Crippen LogP contribution in [0.2, 0.25) is 0 Å². The van der Waals surface area contributed by atoms with E-state index in [2.05, 4.69) is 11.9 Å². The van der Waals surface area contributed by atoms with Crippen molar-refractivity contribution in [1.82, 2.24) is 5.32 Å². The summed E-state index contributed by atoms with van der Waals surface area (Å²) in [5.74, 6) is -2.28. The fraction of sp³-hybridized carbons (Fsp3) is 0.286. The molecule has 0 spiro atoms. The predicted molar refractivity (Wildman–Crippen MR) is 71.3 cm³/mol. The van der Waals surface area contributed by atoms with E-state index < -0.39 is 23.7 Å². The van der Waals surface area contributed by atoms with Gasteiger partial charge in [-0.1, -0.05) is 6.08 Å². The van der Waals surface area contributed by atoms with Crippen LogP contribution in [0.3, 0.4) is 0 Å². The number of amides is 1. The van der Waals surface area contributed by atoms with Crippen molar-refractivity contribution in [3.63, 3.8) is 0 Å². The van der Waals surface area contributed by atoms with Gasteiger partial charge in [0.1, 0.15) is 17.6 Å². The van der Waals surface area contributed by atoms with Crippen LogP contribution in [0.25, 0.3) is 0 Å². The van der Waals surface area contributed by atoms with Gasteiger partial charge in [0, 0.05) is 0 Å². The molecule has 1 atom stereocenters. The van der Waals surface area contributed by atoms with E-state index in [9.17, 15) is 14.0 Å².